The Kier molecular flexibility index (Phi) is 4.48. The SMILES string of the molecule is O=C(O)NC1CN(C(=O)c2nc3c(C(F)(F)F)cc(-c4cn[nH]c4)cn3c2Br)C1. The van der Waals surface area contributed by atoms with Crippen molar-refractivity contribution in [2.24, 2.45) is 0 Å². The summed E-state index contributed by atoms with van der Waals surface area (Å²) in [6.45, 7) is 0.218. The summed E-state index contributed by atoms with van der Waals surface area (Å²) < 4.78 is 42.1. The zero-order valence-electron chi connectivity index (χ0n) is 14.4. The monoisotopic (exact) mass is 472 g/mol. The van der Waals surface area contributed by atoms with Crippen LogP contribution in [0.4, 0.5) is 18.0 Å². The number of H-pyrrole nitrogens is 1. The number of aromatic amines is 1. The molecule has 0 bridgehead atoms. The van der Waals surface area contributed by atoms with Gasteiger partial charge in [0.1, 0.15) is 4.60 Å². The van der Waals surface area contributed by atoms with Gasteiger partial charge in [-0.15, -0.1) is 0 Å². The lowest BCUT2D eigenvalue weighted by atomic mass is 10.1. The van der Waals surface area contributed by atoms with Crippen LogP contribution in [-0.2, 0) is 6.18 Å². The van der Waals surface area contributed by atoms with E-state index in [1.807, 2.05) is 0 Å². The summed E-state index contributed by atoms with van der Waals surface area (Å²) >= 11 is 3.18. The summed E-state index contributed by atoms with van der Waals surface area (Å²) in [5.41, 5.74) is -0.916. The van der Waals surface area contributed by atoms with E-state index in [0.29, 0.717) is 5.56 Å². The van der Waals surface area contributed by atoms with E-state index in [1.54, 1.807) is 0 Å². The van der Waals surface area contributed by atoms with Crippen molar-refractivity contribution in [2.45, 2.75) is 12.2 Å². The first kappa shape index (κ1) is 19.2. The summed E-state index contributed by atoms with van der Waals surface area (Å²) in [6.07, 6.45) is -1.65. The van der Waals surface area contributed by atoms with Crippen molar-refractivity contribution in [3.05, 3.63) is 40.5 Å². The maximum absolute atomic E-state index is 13.6. The minimum absolute atomic E-state index is 0.0722. The largest absolute Gasteiger partial charge is 0.465 e. The van der Waals surface area contributed by atoms with Crippen LogP contribution in [0.5, 0.6) is 0 Å². The summed E-state index contributed by atoms with van der Waals surface area (Å²) in [4.78, 5) is 28.5. The lowest BCUT2D eigenvalue weighted by Crippen LogP contribution is -2.60. The Hall–Kier alpha value is -3.09. The molecule has 1 fully saturated rings. The van der Waals surface area contributed by atoms with Crippen LogP contribution in [0.25, 0.3) is 16.8 Å². The topological polar surface area (TPSA) is 116 Å². The average molecular weight is 473 g/mol. The number of carboxylic acid groups (broad SMARTS) is 1. The van der Waals surface area contributed by atoms with Gasteiger partial charge >= 0.3 is 12.3 Å². The van der Waals surface area contributed by atoms with Gasteiger partial charge in [-0.05, 0) is 22.0 Å². The molecule has 0 aromatic carbocycles. The van der Waals surface area contributed by atoms with Crippen molar-refractivity contribution in [1.29, 1.82) is 0 Å². The number of nitrogens with one attached hydrogen (secondary N) is 2. The number of fused-ring (bicyclic) bond motifs is 1. The first-order chi connectivity index (χ1) is 13.6. The lowest BCUT2D eigenvalue weighted by molar-refractivity contribution is -0.136. The van der Waals surface area contributed by atoms with Gasteiger partial charge < -0.3 is 15.3 Å². The number of hydrogen-bond acceptors (Lipinski definition) is 4. The normalized spacial score (nSPS) is 14.8. The number of pyridine rings is 1. The van der Waals surface area contributed by atoms with Gasteiger partial charge in [-0.2, -0.15) is 18.3 Å². The van der Waals surface area contributed by atoms with E-state index in [4.69, 9.17) is 5.11 Å². The molecule has 0 atom stereocenters. The summed E-state index contributed by atoms with van der Waals surface area (Å²) in [5.74, 6) is -0.595. The smallest absolute Gasteiger partial charge is 0.420 e. The maximum Gasteiger partial charge on any atom is 0.420 e. The molecule has 152 valence electrons. The second kappa shape index (κ2) is 6.76. The molecular weight excluding hydrogens is 461 g/mol. The van der Waals surface area contributed by atoms with E-state index in [-0.39, 0.29) is 29.0 Å². The highest BCUT2D eigenvalue weighted by Gasteiger charge is 2.38. The Bertz CT molecular complexity index is 1110. The van der Waals surface area contributed by atoms with Crippen molar-refractivity contribution < 1.29 is 27.9 Å². The highest BCUT2D eigenvalue weighted by atomic mass is 79.9. The van der Waals surface area contributed by atoms with Crippen molar-refractivity contribution in [2.75, 3.05) is 13.1 Å². The highest BCUT2D eigenvalue weighted by Crippen LogP contribution is 2.37. The summed E-state index contributed by atoms with van der Waals surface area (Å²) in [7, 11) is 0. The molecule has 29 heavy (non-hydrogen) atoms. The molecule has 1 aliphatic heterocycles. The number of alkyl halides is 3. The van der Waals surface area contributed by atoms with Crippen molar-refractivity contribution in [3.8, 4) is 11.1 Å². The third kappa shape index (κ3) is 3.41. The average Bonchev–Trinajstić information content (AvgIpc) is 3.24. The Morgan fingerprint density at radius 2 is 2.03 bits per heavy atom. The molecule has 3 N–H and O–H groups in total. The third-order valence-corrected chi connectivity index (χ3v) is 5.26. The molecule has 0 spiro atoms. The van der Waals surface area contributed by atoms with Crippen LogP contribution >= 0.6 is 15.9 Å². The van der Waals surface area contributed by atoms with E-state index in [9.17, 15) is 22.8 Å². The van der Waals surface area contributed by atoms with Gasteiger partial charge in [0.05, 0.1) is 17.8 Å². The van der Waals surface area contributed by atoms with Gasteiger partial charge in [0.25, 0.3) is 5.91 Å². The van der Waals surface area contributed by atoms with E-state index >= 15 is 0 Å². The maximum atomic E-state index is 13.6. The van der Waals surface area contributed by atoms with Gasteiger partial charge in [-0.3, -0.25) is 14.3 Å². The predicted octanol–water partition coefficient (Wildman–Crippen LogP) is 2.60. The Morgan fingerprint density at radius 1 is 1.31 bits per heavy atom. The van der Waals surface area contributed by atoms with Crippen LogP contribution in [-0.4, -0.2) is 60.7 Å². The molecule has 9 nitrogen and oxygen atoms in total. The van der Waals surface area contributed by atoms with Crippen LogP contribution in [0.2, 0.25) is 0 Å². The first-order valence-electron chi connectivity index (χ1n) is 8.22. The molecule has 2 amide bonds. The number of carbonyl (C=O) groups excluding carboxylic acids is 1. The molecule has 13 heteroatoms. The molecule has 3 aromatic heterocycles. The zero-order valence-corrected chi connectivity index (χ0v) is 16.0. The Labute approximate surface area is 168 Å². The first-order valence-corrected chi connectivity index (χ1v) is 9.01. The molecule has 0 saturated carbocycles. The molecule has 0 unspecified atom stereocenters. The van der Waals surface area contributed by atoms with Gasteiger partial charge in [0.2, 0.25) is 0 Å². The van der Waals surface area contributed by atoms with E-state index in [1.165, 1.54) is 23.5 Å². The number of amides is 2. The number of imidazole rings is 1. The van der Waals surface area contributed by atoms with E-state index in [0.717, 1.165) is 10.5 Å². The van der Waals surface area contributed by atoms with Crippen LogP contribution in [0, 0.1) is 0 Å². The second-order valence-corrected chi connectivity index (χ2v) is 7.18. The van der Waals surface area contributed by atoms with Crippen LogP contribution in [0.15, 0.2) is 29.3 Å². The fraction of sp³-hybridized carbons (Fsp3) is 0.250. The number of likely N-dealkylation sites (tertiary alicyclic amines) is 1. The molecule has 0 aliphatic carbocycles. The van der Waals surface area contributed by atoms with Gasteiger partial charge in [-0.25, -0.2) is 9.78 Å². The minimum Gasteiger partial charge on any atom is -0.465 e. The number of nitrogens with zero attached hydrogens (tertiary/aromatic N) is 4. The van der Waals surface area contributed by atoms with Crippen molar-refractivity contribution in [3.63, 3.8) is 0 Å². The molecule has 4 rings (SSSR count). The molecular formula is C16H12BrF3N6O3. The summed E-state index contributed by atoms with van der Waals surface area (Å²) in [6, 6.07) is 0.523. The predicted molar refractivity (Wildman–Crippen MR) is 96.3 cm³/mol. The Balaban J connectivity index is 1.75. The van der Waals surface area contributed by atoms with Crippen molar-refractivity contribution >= 4 is 33.6 Å². The second-order valence-electron chi connectivity index (χ2n) is 6.43. The number of hydrogen-bond donors (Lipinski definition) is 3. The molecule has 4 heterocycles. The molecule has 3 aromatic rings. The fourth-order valence-electron chi connectivity index (χ4n) is 3.09. The number of rotatable bonds is 3. The van der Waals surface area contributed by atoms with Crippen LogP contribution in [0.3, 0.4) is 0 Å². The quantitative estimate of drug-likeness (QED) is 0.541. The Morgan fingerprint density at radius 3 is 2.62 bits per heavy atom. The van der Waals surface area contributed by atoms with Crippen molar-refractivity contribution in [1.82, 2.24) is 29.8 Å². The number of carbonyl (C=O) groups is 2. The zero-order chi connectivity index (χ0) is 20.9. The summed E-state index contributed by atoms with van der Waals surface area (Å²) in [5, 5.41) is 17.2. The van der Waals surface area contributed by atoms with Gasteiger partial charge in [0.15, 0.2) is 11.3 Å². The highest BCUT2D eigenvalue weighted by molar-refractivity contribution is 9.10. The standard InChI is InChI=1S/C16H12BrF3N6O3/c17-12-11(14(27)25-5-9(6-25)23-15(28)29)24-13-10(16(18,19)20)1-7(4-26(12)13)8-2-21-22-3-8/h1-4,9,23H,5-6H2,(H,21,22)(H,28,29). The minimum atomic E-state index is -4.70. The van der Waals surface area contributed by atoms with E-state index < -0.39 is 35.4 Å². The molecule has 1 aliphatic rings. The molecule has 1 saturated heterocycles. The van der Waals surface area contributed by atoms with Gasteiger partial charge in [0, 0.05) is 36.6 Å². The van der Waals surface area contributed by atoms with Gasteiger partial charge in [-0.1, -0.05) is 0 Å². The van der Waals surface area contributed by atoms with Crippen LogP contribution < -0.4 is 5.32 Å². The lowest BCUT2D eigenvalue weighted by Gasteiger charge is -2.38. The van der Waals surface area contributed by atoms with Crippen LogP contribution in [0.1, 0.15) is 16.1 Å². The third-order valence-electron chi connectivity index (χ3n) is 4.50. The number of halogens is 4. The van der Waals surface area contributed by atoms with E-state index in [2.05, 4.69) is 36.4 Å². The number of aromatic nitrogens is 4. The fourth-order valence-corrected chi connectivity index (χ4v) is 3.62. The molecule has 0 radical (unpaired) electrons.